The Morgan fingerprint density at radius 2 is 1.93 bits per heavy atom. The van der Waals surface area contributed by atoms with Crippen LogP contribution in [0.2, 0.25) is 0 Å². The minimum atomic E-state index is -0.697. The predicted octanol–water partition coefficient (Wildman–Crippen LogP) is 2.85. The molecule has 4 rings (SSSR count). The molecule has 27 heavy (non-hydrogen) atoms. The van der Waals surface area contributed by atoms with E-state index in [0.717, 1.165) is 22.3 Å². The summed E-state index contributed by atoms with van der Waals surface area (Å²) in [7, 11) is 2.95. The molecule has 0 fully saturated rings. The predicted molar refractivity (Wildman–Crippen MR) is 100 cm³/mol. The van der Waals surface area contributed by atoms with Crippen molar-refractivity contribution in [3.8, 4) is 5.75 Å². The Kier molecular flexibility index (Phi) is 4.44. The topological polar surface area (TPSA) is 55.8 Å². The van der Waals surface area contributed by atoms with Crippen LogP contribution >= 0.6 is 0 Å². The number of carbonyl (C=O) groups is 2. The van der Waals surface area contributed by atoms with Gasteiger partial charge in [0.1, 0.15) is 11.7 Å². The Bertz CT molecular complexity index is 933. The largest absolute Gasteiger partial charge is 0.497 e. The lowest BCUT2D eigenvalue weighted by Gasteiger charge is -2.25. The van der Waals surface area contributed by atoms with E-state index in [-0.39, 0.29) is 5.91 Å². The van der Waals surface area contributed by atoms with Crippen LogP contribution in [0.5, 0.6) is 5.75 Å². The average molecular weight is 363 g/mol. The van der Waals surface area contributed by atoms with Gasteiger partial charge in [-0.15, -0.1) is 0 Å². The van der Waals surface area contributed by atoms with E-state index in [9.17, 15) is 9.59 Å². The maximum absolute atomic E-state index is 13.2. The van der Waals surface area contributed by atoms with Gasteiger partial charge < -0.3 is 14.4 Å². The first-order chi connectivity index (χ1) is 13.1. The molecule has 1 aliphatic heterocycles. The fraction of sp³-hybridized carbons (Fsp3) is 0.273. The second kappa shape index (κ2) is 6.91. The molecule has 5 heteroatoms. The smallest absolute Gasteiger partial charge is 0.317 e. The summed E-state index contributed by atoms with van der Waals surface area (Å²) >= 11 is 0. The van der Waals surface area contributed by atoms with E-state index in [4.69, 9.17) is 9.47 Å². The van der Waals surface area contributed by atoms with Gasteiger partial charge in [-0.05, 0) is 40.8 Å². The van der Waals surface area contributed by atoms with E-state index in [1.54, 1.807) is 12.0 Å². The summed E-state index contributed by atoms with van der Waals surface area (Å²) in [6.07, 6.45) is 0.666. The van der Waals surface area contributed by atoms with E-state index in [1.807, 2.05) is 48.5 Å². The highest BCUT2D eigenvalue weighted by molar-refractivity contribution is 6.05. The van der Waals surface area contributed by atoms with Gasteiger partial charge in [0, 0.05) is 18.7 Å². The number of hydrogen-bond acceptors (Lipinski definition) is 4. The van der Waals surface area contributed by atoms with Gasteiger partial charge in [-0.3, -0.25) is 9.59 Å². The zero-order valence-corrected chi connectivity index (χ0v) is 15.4. The molecule has 1 heterocycles. The standard InChI is InChI=1S/C22H21NO4/c1-26-17-9-8-15-10-16-13-23(12-14-6-4-3-5-7-14)21(24)19(16)20(18(15)11-17)22(25)27-2/h3-9,11,20H,10,12-13H2,1-2H3. The van der Waals surface area contributed by atoms with E-state index < -0.39 is 11.9 Å². The Morgan fingerprint density at radius 3 is 2.63 bits per heavy atom. The number of benzene rings is 2. The average Bonchev–Trinajstić information content (AvgIpc) is 3.01. The molecule has 1 aliphatic carbocycles. The second-order valence-electron chi connectivity index (χ2n) is 6.86. The summed E-state index contributed by atoms with van der Waals surface area (Å²) < 4.78 is 10.4. The van der Waals surface area contributed by atoms with Gasteiger partial charge in [0.05, 0.1) is 14.2 Å². The van der Waals surface area contributed by atoms with E-state index in [2.05, 4.69) is 0 Å². The van der Waals surface area contributed by atoms with E-state index >= 15 is 0 Å². The lowest BCUT2D eigenvalue weighted by atomic mass is 9.78. The molecule has 1 atom stereocenters. The fourth-order valence-corrected chi connectivity index (χ4v) is 4.00. The van der Waals surface area contributed by atoms with Crippen LogP contribution in [-0.2, 0) is 27.3 Å². The van der Waals surface area contributed by atoms with Gasteiger partial charge in [0.25, 0.3) is 5.91 Å². The first-order valence-corrected chi connectivity index (χ1v) is 8.92. The number of methoxy groups -OCH3 is 2. The molecule has 1 unspecified atom stereocenters. The van der Waals surface area contributed by atoms with Crippen LogP contribution in [0.4, 0.5) is 0 Å². The second-order valence-corrected chi connectivity index (χ2v) is 6.86. The number of fused-ring (bicyclic) bond motifs is 1. The van der Waals surface area contributed by atoms with Crippen molar-refractivity contribution in [2.24, 2.45) is 0 Å². The molecule has 5 nitrogen and oxygen atoms in total. The van der Waals surface area contributed by atoms with Crippen molar-refractivity contribution >= 4 is 11.9 Å². The molecule has 1 amide bonds. The summed E-state index contributed by atoms with van der Waals surface area (Å²) in [6, 6.07) is 15.6. The van der Waals surface area contributed by atoms with E-state index in [0.29, 0.717) is 30.8 Å². The highest BCUT2D eigenvalue weighted by atomic mass is 16.5. The van der Waals surface area contributed by atoms with Crippen LogP contribution in [0.25, 0.3) is 0 Å². The molecule has 0 saturated heterocycles. The number of nitrogens with zero attached hydrogens (tertiary/aromatic N) is 1. The SMILES string of the molecule is COC(=O)C1C2=C(Cc3ccc(OC)cc31)CN(Cc1ccccc1)C2=O. The molecule has 0 radical (unpaired) electrons. The minimum absolute atomic E-state index is 0.0854. The lowest BCUT2D eigenvalue weighted by Crippen LogP contribution is -2.30. The number of rotatable bonds is 4. The lowest BCUT2D eigenvalue weighted by molar-refractivity contribution is -0.142. The van der Waals surface area contributed by atoms with Crippen LogP contribution in [0.3, 0.4) is 0 Å². The molecule has 0 saturated carbocycles. The molecule has 0 spiro atoms. The van der Waals surface area contributed by atoms with Crippen molar-refractivity contribution in [3.05, 3.63) is 76.4 Å². The van der Waals surface area contributed by atoms with Crippen LogP contribution in [0.1, 0.15) is 22.6 Å². The van der Waals surface area contributed by atoms with Crippen molar-refractivity contribution in [1.29, 1.82) is 0 Å². The molecular weight excluding hydrogens is 342 g/mol. The summed E-state index contributed by atoms with van der Waals surface area (Å²) in [6.45, 7) is 1.07. The maximum Gasteiger partial charge on any atom is 0.317 e. The van der Waals surface area contributed by atoms with Crippen molar-refractivity contribution in [3.63, 3.8) is 0 Å². The zero-order valence-electron chi connectivity index (χ0n) is 15.4. The quantitative estimate of drug-likeness (QED) is 0.784. The Labute approximate surface area is 158 Å². The molecule has 0 bridgehead atoms. The first kappa shape index (κ1) is 17.3. The Hall–Kier alpha value is -3.08. The molecule has 0 N–H and O–H groups in total. The molecule has 2 aromatic rings. The number of hydrogen-bond donors (Lipinski definition) is 0. The minimum Gasteiger partial charge on any atom is -0.497 e. The van der Waals surface area contributed by atoms with Crippen LogP contribution in [-0.4, -0.2) is 37.5 Å². The van der Waals surface area contributed by atoms with Crippen LogP contribution < -0.4 is 4.74 Å². The third-order valence-corrected chi connectivity index (χ3v) is 5.29. The third kappa shape index (κ3) is 2.99. The van der Waals surface area contributed by atoms with Crippen molar-refractivity contribution in [2.75, 3.05) is 20.8 Å². The summed E-state index contributed by atoms with van der Waals surface area (Å²) in [5.41, 5.74) is 4.48. The van der Waals surface area contributed by atoms with Gasteiger partial charge in [-0.25, -0.2) is 0 Å². The highest BCUT2D eigenvalue weighted by Gasteiger charge is 2.43. The Morgan fingerprint density at radius 1 is 1.15 bits per heavy atom. The van der Waals surface area contributed by atoms with Crippen LogP contribution in [0, 0.1) is 0 Å². The van der Waals surface area contributed by atoms with E-state index in [1.165, 1.54) is 7.11 Å². The summed E-state index contributed by atoms with van der Waals surface area (Å²) in [5.74, 6) is -0.528. The number of ether oxygens (including phenoxy) is 2. The number of esters is 1. The normalized spacial score (nSPS) is 18.2. The summed E-state index contributed by atoms with van der Waals surface area (Å²) in [5, 5.41) is 0. The maximum atomic E-state index is 13.2. The van der Waals surface area contributed by atoms with Crippen LogP contribution in [0.15, 0.2) is 59.7 Å². The molecular formula is C22H21NO4. The molecule has 0 aromatic heterocycles. The zero-order chi connectivity index (χ0) is 19.0. The monoisotopic (exact) mass is 363 g/mol. The Balaban J connectivity index is 1.70. The van der Waals surface area contributed by atoms with Crippen molar-refractivity contribution in [1.82, 2.24) is 4.90 Å². The molecule has 2 aromatic carbocycles. The van der Waals surface area contributed by atoms with Crippen molar-refractivity contribution in [2.45, 2.75) is 18.9 Å². The summed E-state index contributed by atoms with van der Waals surface area (Å²) in [4.78, 5) is 27.6. The number of amides is 1. The van der Waals surface area contributed by atoms with Gasteiger partial charge in [0.2, 0.25) is 0 Å². The first-order valence-electron chi connectivity index (χ1n) is 8.92. The highest BCUT2D eigenvalue weighted by Crippen LogP contribution is 2.42. The number of carbonyl (C=O) groups excluding carboxylic acids is 2. The van der Waals surface area contributed by atoms with Crippen molar-refractivity contribution < 1.29 is 19.1 Å². The molecule has 2 aliphatic rings. The fourth-order valence-electron chi connectivity index (χ4n) is 4.00. The van der Waals surface area contributed by atoms with Gasteiger partial charge in [-0.1, -0.05) is 36.4 Å². The van der Waals surface area contributed by atoms with Gasteiger partial charge in [-0.2, -0.15) is 0 Å². The molecule has 138 valence electrons. The third-order valence-electron chi connectivity index (χ3n) is 5.29. The van der Waals surface area contributed by atoms with Gasteiger partial charge >= 0.3 is 5.97 Å². The van der Waals surface area contributed by atoms with Gasteiger partial charge in [0.15, 0.2) is 0 Å².